The highest BCUT2D eigenvalue weighted by Crippen LogP contribution is 2.18. The largest absolute Gasteiger partial charge is 0.443 e. The smallest absolute Gasteiger partial charge is 0.355 e. The van der Waals surface area contributed by atoms with E-state index in [1.54, 1.807) is 0 Å². The molecule has 0 atom stereocenters. The van der Waals surface area contributed by atoms with Crippen molar-refractivity contribution in [2.45, 2.75) is 19.9 Å². The molecule has 0 amide bonds. The Morgan fingerprint density at radius 2 is 1.17 bits per heavy atom. The second-order valence-corrected chi connectivity index (χ2v) is 6.94. The number of hydrogen-bond donors (Lipinski definition) is 0. The van der Waals surface area contributed by atoms with Crippen LogP contribution >= 0.6 is 0 Å². The van der Waals surface area contributed by atoms with Crippen molar-refractivity contribution < 1.29 is 4.49 Å². The van der Waals surface area contributed by atoms with E-state index in [1.807, 2.05) is 0 Å². The van der Waals surface area contributed by atoms with Gasteiger partial charge in [0.15, 0.2) is 0 Å². The van der Waals surface area contributed by atoms with E-state index < -0.39 is 6.28 Å². The molecule has 3 aromatic rings. The molecular weight excluding hydrogens is 289 g/mol. The third-order valence-corrected chi connectivity index (χ3v) is 5.34. The van der Waals surface area contributed by atoms with Crippen molar-refractivity contribution in [1.29, 1.82) is 0 Å². The van der Waals surface area contributed by atoms with E-state index in [2.05, 4.69) is 109 Å². The summed E-state index contributed by atoms with van der Waals surface area (Å²) in [4.78, 5) is 0. The van der Waals surface area contributed by atoms with Crippen LogP contribution in [-0.4, -0.2) is 23.0 Å². The molecule has 0 bridgehead atoms. The van der Waals surface area contributed by atoms with Gasteiger partial charge in [0.1, 0.15) is 6.21 Å². The Kier molecular flexibility index (Phi) is 3.61. The van der Waals surface area contributed by atoms with Crippen LogP contribution in [0, 0.1) is 0 Å². The lowest BCUT2D eigenvalue weighted by Crippen LogP contribution is -2.73. The molecule has 1 heterocycles. The van der Waals surface area contributed by atoms with Crippen molar-refractivity contribution in [1.82, 2.24) is 0 Å². The average Bonchev–Trinajstić information content (AvgIpc) is 3.00. The molecule has 0 aliphatic carbocycles. The van der Waals surface area contributed by atoms with Gasteiger partial charge in [-0.2, -0.15) is 0 Å². The lowest BCUT2D eigenvalue weighted by atomic mass is 9.24. The fourth-order valence-electron chi connectivity index (χ4n) is 4.40. The van der Waals surface area contributed by atoms with Crippen LogP contribution < -0.4 is 16.4 Å². The Morgan fingerprint density at radius 1 is 0.667 bits per heavy atom. The molecule has 0 saturated carbocycles. The number of rotatable bonds is 3. The monoisotopic (exact) mass is 311 g/mol. The Bertz CT molecular complexity index is 843. The first-order valence-corrected chi connectivity index (χ1v) is 8.73. The second kappa shape index (κ2) is 5.79. The molecule has 0 N–H and O–H groups in total. The van der Waals surface area contributed by atoms with Crippen LogP contribution in [-0.2, 0) is 0 Å². The van der Waals surface area contributed by atoms with Crippen molar-refractivity contribution in [3.05, 3.63) is 90.5 Å². The summed E-state index contributed by atoms with van der Waals surface area (Å²) >= 11 is 0. The highest BCUT2D eigenvalue weighted by Gasteiger charge is 2.48. The van der Waals surface area contributed by atoms with E-state index in [4.69, 9.17) is 0 Å². The summed E-state index contributed by atoms with van der Waals surface area (Å²) in [5.41, 5.74) is 5.50. The minimum Gasteiger partial charge on any atom is -0.443 e. The number of nitrogens with zero attached hydrogens (tertiary/aromatic N) is 1. The van der Waals surface area contributed by atoms with Gasteiger partial charge < -0.3 is 4.49 Å². The topological polar surface area (TPSA) is 3.01 Å². The van der Waals surface area contributed by atoms with Crippen LogP contribution in [0.2, 0.25) is 0 Å². The Morgan fingerprint density at radius 3 is 1.71 bits per heavy atom. The van der Waals surface area contributed by atoms with Crippen LogP contribution in [0.15, 0.2) is 84.9 Å². The van der Waals surface area contributed by atoms with Crippen molar-refractivity contribution in [3.63, 3.8) is 0 Å². The number of hydrogen-bond acceptors (Lipinski definition) is 0. The van der Waals surface area contributed by atoms with Crippen LogP contribution in [0.5, 0.6) is 0 Å². The number of fused-ring (bicyclic) bond motifs is 1. The molecule has 118 valence electrons. The molecule has 1 aliphatic heterocycles. The minimum absolute atomic E-state index is 0.415. The Labute approximate surface area is 144 Å². The van der Waals surface area contributed by atoms with Crippen LogP contribution in [0.3, 0.4) is 0 Å². The van der Waals surface area contributed by atoms with E-state index in [0.717, 1.165) is 0 Å². The lowest BCUT2D eigenvalue weighted by Gasteiger charge is -2.38. The molecule has 0 fully saturated rings. The Hall–Kier alpha value is -2.61. The molecule has 0 unspecified atom stereocenters. The van der Waals surface area contributed by atoms with Gasteiger partial charge in [-0.25, -0.2) is 0 Å². The molecule has 2 heteroatoms. The van der Waals surface area contributed by atoms with Crippen LogP contribution in [0.4, 0.5) is 0 Å². The fraction of sp³-hybridized carbons (Fsp3) is 0.136. The average molecular weight is 311 g/mol. The zero-order valence-electron chi connectivity index (χ0n) is 14.3. The van der Waals surface area contributed by atoms with Gasteiger partial charge in [-0.05, 0) is 13.8 Å². The SMILES string of the molecule is CC(C)[N+]1=Cc2ccccc2[B-]1(c1ccccc1)c1ccccc1. The first kappa shape index (κ1) is 15.0. The molecule has 1 aliphatic rings. The molecule has 4 rings (SSSR count). The molecule has 0 spiro atoms. The van der Waals surface area contributed by atoms with Crippen molar-refractivity contribution in [2.75, 3.05) is 0 Å². The molecule has 0 radical (unpaired) electrons. The third-order valence-electron chi connectivity index (χ3n) is 5.34. The first-order chi connectivity index (χ1) is 11.7. The number of benzene rings is 3. The van der Waals surface area contributed by atoms with Gasteiger partial charge in [-0.15, -0.1) is 16.4 Å². The first-order valence-electron chi connectivity index (χ1n) is 8.73. The minimum atomic E-state index is -1.15. The molecule has 24 heavy (non-hydrogen) atoms. The summed E-state index contributed by atoms with van der Waals surface area (Å²) in [5, 5.41) is 0. The predicted molar refractivity (Wildman–Crippen MR) is 105 cm³/mol. The maximum absolute atomic E-state index is 2.56. The molecular formula is C22H22BN. The summed E-state index contributed by atoms with van der Waals surface area (Å²) in [6.45, 7) is 4.56. The Balaban J connectivity index is 2.12. The van der Waals surface area contributed by atoms with E-state index in [0.29, 0.717) is 6.04 Å². The third kappa shape index (κ3) is 2.06. The normalized spacial score (nSPS) is 15.2. The summed E-state index contributed by atoms with van der Waals surface area (Å²) in [7, 11) is 0. The van der Waals surface area contributed by atoms with Crippen molar-refractivity contribution in [2.24, 2.45) is 0 Å². The van der Waals surface area contributed by atoms with Crippen molar-refractivity contribution in [3.8, 4) is 0 Å². The van der Waals surface area contributed by atoms with E-state index in [9.17, 15) is 0 Å². The molecule has 1 nitrogen and oxygen atoms in total. The lowest BCUT2D eigenvalue weighted by molar-refractivity contribution is -0.422. The van der Waals surface area contributed by atoms with E-state index in [-0.39, 0.29) is 0 Å². The van der Waals surface area contributed by atoms with Crippen LogP contribution in [0.25, 0.3) is 0 Å². The molecule has 0 saturated heterocycles. The summed E-state index contributed by atoms with van der Waals surface area (Å²) in [5.74, 6) is 0. The summed E-state index contributed by atoms with van der Waals surface area (Å²) < 4.78 is 2.56. The van der Waals surface area contributed by atoms with Crippen LogP contribution in [0.1, 0.15) is 19.4 Å². The van der Waals surface area contributed by atoms with Gasteiger partial charge in [0.25, 0.3) is 0 Å². The maximum atomic E-state index is 2.56. The summed E-state index contributed by atoms with van der Waals surface area (Å²) in [6.07, 6.45) is 1.20. The van der Waals surface area contributed by atoms with Gasteiger partial charge in [0.05, 0.1) is 6.04 Å². The zero-order valence-corrected chi connectivity index (χ0v) is 14.3. The van der Waals surface area contributed by atoms with Gasteiger partial charge in [0, 0.05) is 5.56 Å². The van der Waals surface area contributed by atoms with Gasteiger partial charge >= 0.3 is 6.28 Å². The molecule has 0 aromatic heterocycles. The zero-order chi connectivity index (χ0) is 16.6. The summed E-state index contributed by atoms with van der Waals surface area (Å²) in [6, 6.07) is 31.2. The standard InChI is InChI=1S/C22H22BN/c1-18(2)24-17-19-11-9-10-16-22(19)23(24,20-12-5-3-6-13-20)21-14-7-4-8-15-21/h3-18H,1-2H3. The second-order valence-electron chi connectivity index (χ2n) is 6.94. The highest BCUT2D eigenvalue weighted by atomic mass is 15.0. The van der Waals surface area contributed by atoms with Gasteiger partial charge in [0.2, 0.25) is 0 Å². The molecule has 3 aromatic carbocycles. The van der Waals surface area contributed by atoms with Gasteiger partial charge in [-0.1, -0.05) is 84.9 Å². The van der Waals surface area contributed by atoms with E-state index >= 15 is 0 Å². The van der Waals surface area contributed by atoms with Gasteiger partial charge in [-0.3, -0.25) is 0 Å². The highest BCUT2D eigenvalue weighted by molar-refractivity contribution is 7.07. The fourth-order valence-corrected chi connectivity index (χ4v) is 4.40. The van der Waals surface area contributed by atoms with E-state index in [1.165, 1.54) is 22.0 Å². The maximum Gasteiger partial charge on any atom is 0.355 e. The predicted octanol–water partition coefficient (Wildman–Crippen LogP) is 2.51. The quantitative estimate of drug-likeness (QED) is 0.654. The van der Waals surface area contributed by atoms with Crippen molar-refractivity contribution >= 4 is 28.9 Å².